The van der Waals surface area contributed by atoms with Crippen molar-refractivity contribution in [3.8, 4) is 0 Å². The molecule has 1 saturated heterocycles. The SMILES string of the molecule is Fc1ccc2c(c1F)NC1COCC1CN2. The van der Waals surface area contributed by atoms with E-state index in [4.69, 9.17) is 4.74 Å². The van der Waals surface area contributed by atoms with Gasteiger partial charge in [0, 0.05) is 12.5 Å². The molecule has 0 aliphatic carbocycles. The van der Waals surface area contributed by atoms with E-state index >= 15 is 0 Å². The van der Waals surface area contributed by atoms with E-state index in [-0.39, 0.29) is 11.7 Å². The van der Waals surface area contributed by atoms with Gasteiger partial charge >= 0.3 is 0 Å². The fraction of sp³-hybridized carbons (Fsp3) is 0.455. The predicted molar refractivity (Wildman–Crippen MR) is 56.6 cm³/mol. The lowest BCUT2D eigenvalue weighted by Crippen LogP contribution is -2.29. The van der Waals surface area contributed by atoms with E-state index in [2.05, 4.69) is 10.6 Å². The van der Waals surface area contributed by atoms with Crippen molar-refractivity contribution < 1.29 is 13.5 Å². The largest absolute Gasteiger partial charge is 0.383 e. The summed E-state index contributed by atoms with van der Waals surface area (Å²) in [4.78, 5) is 0. The van der Waals surface area contributed by atoms with Crippen LogP contribution in [-0.4, -0.2) is 25.8 Å². The number of rotatable bonds is 0. The third-order valence-corrected chi connectivity index (χ3v) is 3.18. The topological polar surface area (TPSA) is 33.3 Å². The Morgan fingerprint density at radius 1 is 1.25 bits per heavy atom. The number of benzene rings is 1. The standard InChI is InChI=1S/C11H12F2N2O/c12-7-1-2-8-11(10(7)13)15-9-5-16-4-6(9)3-14-8/h1-2,6,9,14-15H,3-5H2. The average molecular weight is 226 g/mol. The molecule has 2 atom stereocenters. The smallest absolute Gasteiger partial charge is 0.183 e. The summed E-state index contributed by atoms with van der Waals surface area (Å²) in [5, 5.41) is 6.14. The number of hydrogen-bond donors (Lipinski definition) is 2. The summed E-state index contributed by atoms with van der Waals surface area (Å²) in [7, 11) is 0. The normalized spacial score (nSPS) is 27.4. The molecule has 0 radical (unpaired) electrons. The number of fused-ring (bicyclic) bond motifs is 2. The van der Waals surface area contributed by atoms with Gasteiger partial charge in [-0.05, 0) is 12.1 Å². The molecular weight excluding hydrogens is 214 g/mol. The van der Waals surface area contributed by atoms with Crippen LogP contribution in [0.15, 0.2) is 12.1 Å². The Labute approximate surface area is 91.8 Å². The van der Waals surface area contributed by atoms with Gasteiger partial charge in [0.1, 0.15) is 0 Å². The highest BCUT2D eigenvalue weighted by Crippen LogP contribution is 2.33. The summed E-state index contributed by atoms with van der Waals surface area (Å²) in [5.41, 5.74) is 0.839. The Bertz CT molecular complexity index is 425. The quantitative estimate of drug-likeness (QED) is 0.708. The number of anilines is 2. The monoisotopic (exact) mass is 226 g/mol. The average Bonchev–Trinajstić information content (AvgIpc) is 2.64. The third-order valence-electron chi connectivity index (χ3n) is 3.18. The first-order valence-electron chi connectivity index (χ1n) is 5.32. The van der Waals surface area contributed by atoms with Gasteiger partial charge in [-0.15, -0.1) is 0 Å². The first-order valence-corrected chi connectivity index (χ1v) is 5.32. The van der Waals surface area contributed by atoms with Crippen molar-refractivity contribution in [2.45, 2.75) is 6.04 Å². The van der Waals surface area contributed by atoms with E-state index in [1.165, 1.54) is 0 Å². The fourth-order valence-electron chi connectivity index (χ4n) is 2.22. The van der Waals surface area contributed by atoms with Crippen LogP contribution in [0.4, 0.5) is 20.2 Å². The minimum absolute atomic E-state index is 0.0602. The van der Waals surface area contributed by atoms with Crippen molar-refractivity contribution in [2.75, 3.05) is 30.4 Å². The number of ether oxygens (including phenoxy) is 1. The van der Waals surface area contributed by atoms with Crippen LogP contribution in [0.1, 0.15) is 0 Å². The first-order chi connectivity index (χ1) is 7.75. The lowest BCUT2D eigenvalue weighted by Gasteiger charge is -2.15. The highest BCUT2D eigenvalue weighted by atomic mass is 19.2. The Morgan fingerprint density at radius 2 is 2.12 bits per heavy atom. The zero-order valence-corrected chi connectivity index (χ0v) is 8.59. The Hall–Kier alpha value is -1.36. The molecule has 0 bridgehead atoms. The van der Waals surface area contributed by atoms with E-state index in [1.54, 1.807) is 6.07 Å². The van der Waals surface area contributed by atoms with Crippen molar-refractivity contribution in [3.05, 3.63) is 23.8 Å². The Kier molecular flexibility index (Phi) is 2.21. The van der Waals surface area contributed by atoms with Crippen LogP contribution in [0.3, 0.4) is 0 Å². The molecule has 2 heterocycles. The number of nitrogens with one attached hydrogen (secondary N) is 2. The Morgan fingerprint density at radius 3 is 3.00 bits per heavy atom. The highest BCUT2D eigenvalue weighted by molar-refractivity contribution is 5.71. The van der Waals surface area contributed by atoms with Crippen LogP contribution >= 0.6 is 0 Å². The molecule has 3 rings (SSSR count). The van der Waals surface area contributed by atoms with Gasteiger partial charge in [0.25, 0.3) is 0 Å². The van der Waals surface area contributed by atoms with Crippen molar-refractivity contribution >= 4 is 11.4 Å². The molecule has 1 fully saturated rings. The summed E-state index contributed by atoms with van der Waals surface area (Å²) < 4.78 is 32.0. The molecule has 2 aliphatic heterocycles. The second kappa shape index (κ2) is 3.59. The van der Waals surface area contributed by atoms with Gasteiger partial charge in [-0.25, -0.2) is 8.78 Å². The van der Waals surface area contributed by atoms with Crippen LogP contribution in [-0.2, 0) is 4.74 Å². The van der Waals surface area contributed by atoms with Crippen LogP contribution in [0.25, 0.3) is 0 Å². The molecule has 2 N–H and O–H groups in total. The van der Waals surface area contributed by atoms with E-state index < -0.39 is 11.6 Å². The zero-order chi connectivity index (χ0) is 11.1. The summed E-state index contributed by atoms with van der Waals surface area (Å²) >= 11 is 0. The van der Waals surface area contributed by atoms with Gasteiger partial charge in [0.2, 0.25) is 0 Å². The van der Waals surface area contributed by atoms with E-state index in [0.717, 1.165) is 12.6 Å². The number of hydrogen-bond acceptors (Lipinski definition) is 3. The van der Waals surface area contributed by atoms with Crippen molar-refractivity contribution in [1.82, 2.24) is 0 Å². The lowest BCUT2D eigenvalue weighted by atomic mass is 10.0. The predicted octanol–water partition coefficient (Wildman–Crippen LogP) is 1.82. The van der Waals surface area contributed by atoms with E-state index in [9.17, 15) is 8.78 Å². The van der Waals surface area contributed by atoms with Crippen molar-refractivity contribution in [1.29, 1.82) is 0 Å². The van der Waals surface area contributed by atoms with Crippen LogP contribution in [0.5, 0.6) is 0 Å². The summed E-state index contributed by atoms with van der Waals surface area (Å²) in [6, 6.07) is 2.76. The zero-order valence-electron chi connectivity index (χ0n) is 8.59. The second-order valence-electron chi connectivity index (χ2n) is 4.21. The molecule has 3 nitrogen and oxygen atoms in total. The maximum Gasteiger partial charge on any atom is 0.183 e. The molecule has 0 spiro atoms. The van der Waals surface area contributed by atoms with Crippen molar-refractivity contribution in [2.24, 2.45) is 5.92 Å². The third kappa shape index (κ3) is 1.43. The van der Waals surface area contributed by atoms with Gasteiger partial charge in [-0.1, -0.05) is 0 Å². The molecule has 2 aliphatic rings. The molecule has 0 saturated carbocycles. The van der Waals surface area contributed by atoms with Gasteiger partial charge in [0.15, 0.2) is 11.6 Å². The molecule has 2 unspecified atom stereocenters. The summed E-state index contributed by atoms with van der Waals surface area (Å²) in [6.07, 6.45) is 0. The molecular formula is C11H12F2N2O. The summed E-state index contributed by atoms with van der Waals surface area (Å²) in [5.74, 6) is -1.35. The molecule has 5 heteroatoms. The molecule has 1 aromatic rings. The molecule has 0 amide bonds. The molecule has 1 aromatic carbocycles. The molecule has 86 valence electrons. The van der Waals surface area contributed by atoms with E-state index in [1.807, 2.05) is 0 Å². The van der Waals surface area contributed by atoms with Gasteiger partial charge in [-0.2, -0.15) is 0 Å². The minimum atomic E-state index is -0.828. The fourth-order valence-corrected chi connectivity index (χ4v) is 2.22. The Balaban J connectivity index is 2.01. The van der Waals surface area contributed by atoms with Crippen LogP contribution in [0.2, 0.25) is 0 Å². The van der Waals surface area contributed by atoms with Gasteiger partial charge in [-0.3, -0.25) is 0 Å². The maximum absolute atomic E-state index is 13.6. The number of halogens is 2. The first kappa shape index (κ1) is 9.84. The van der Waals surface area contributed by atoms with Gasteiger partial charge in [0.05, 0.1) is 30.6 Å². The summed E-state index contributed by atoms with van der Waals surface area (Å²) in [6.45, 7) is 1.92. The van der Waals surface area contributed by atoms with E-state index in [0.29, 0.717) is 24.8 Å². The maximum atomic E-state index is 13.6. The van der Waals surface area contributed by atoms with Crippen LogP contribution in [0, 0.1) is 17.6 Å². The lowest BCUT2D eigenvalue weighted by molar-refractivity contribution is 0.186. The highest BCUT2D eigenvalue weighted by Gasteiger charge is 2.32. The second-order valence-corrected chi connectivity index (χ2v) is 4.21. The molecule has 0 aromatic heterocycles. The van der Waals surface area contributed by atoms with Gasteiger partial charge < -0.3 is 15.4 Å². The minimum Gasteiger partial charge on any atom is -0.383 e. The molecule has 16 heavy (non-hydrogen) atoms. The van der Waals surface area contributed by atoms with Crippen molar-refractivity contribution in [3.63, 3.8) is 0 Å². The van der Waals surface area contributed by atoms with Crippen LogP contribution < -0.4 is 10.6 Å².